The van der Waals surface area contributed by atoms with Gasteiger partial charge in [-0.1, -0.05) is 31.9 Å². The summed E-state index contributed by atoms with van der Waals surface area (Å²) in [6.45, 7) is 2.65. The van der Waals surface area contributed by atoms with Gasteiger partial charge in [-0.25, -0.2) is 0 Å². The summed E-state index contributed by atoms with van der Waals surface area (Å²) in [5.41, 5.74) is 2.30. The van der Waals surface area contributed by atoms with Crippen LogP contribution in [-0.2, 0) is 0 Å². The van der Waals surface area contributed by atoms with Crippen LogP contribution in [0.3, 0.4) is 0 Å². The first-order valence-corrected chi connectivity index (χ1v) is 9.65. The maximum Gasteiger partial charge on any atom is 0.124 e. The second kappa shape index (κ2) is 7.07. The Labute approximate surface area is 150 Å². The zero-order valence-electron chi connectivity index (χ0n) is 9.92. The summed E-state index contributed by atoms with van der Waals surface area (Å²) in [5.74, 6) is 0.904. The van der Waals surface area contributed by atoms with Crippen LogP contribution in [-0.4, -0.2) is 6.61 Å². The van der Waals surface area contributed by atoms with Crippen LogP contribution in [0.25, 0.3) is 0 Å². The highest BCUT2D eigenvalue weighted by molar-refractivity contribution is 9.12. The van der Waals surface area contributed by atoms with Gasteiger partial charge in [0.2, 0.25) is 0 Å². The Morgan fingerprint density at radius 2 is 1.89 bits per heavy atom. The third-order valence-corrected chi connectivity index (χ3v) is 6.37. The van der Waals surface area contributed by atoms with Crippen LogP contribution >= 0.6 is 75.1 Å². The standard InChI is InChI=1S/C13H10Br4OS/c1-2-18-10-4-3-7(14)5-8(10)12(16)9-6-11(15)19-13(9)17/h3-6,12H,2H2,1H3. The maximum atomic E-state index is 5.71. The van der Waals surface area contributed by atoms with Crippen LogP contribution in [0.2, 0.25) is 0 Å². The summed E-state index contributed by atoms with van der Waals surface area (Å²) >= 11 is 16.1. The second-order valence-electron chi connectivity index (χ2n) is 3.76. The molecule has 6 heteroatoms. The molecule has 1 aromatic carbocycles. The molecule has 0 aliphatic heterocycles. The van der Waals surface area contributed by atoms with E-state index in [9.17, 15) is 0 Å². The molecule has 0 saturated carbocycles. The van der Waals surface area contributed by atoms with Crippen molar-refractivity contribution in [2.24, 2.45) is 0 Å². The third kappa shape index (κ3) is 3.84. The zero-order valence-corrected chi connectivity index (χ0v) is 17.1. The molecule has 1 heterocycles. The van der Waals surface area contributed by atoms with E-state index in [0.717, 1.165) is 23.4 Å². The predicted octanol–water partition coefficient (Wildman–Crippen LogP) is 6.92. The van der Waals surface area contributed by atoms with Gasteiger partial charge in [-0.05, 0) is 68.6 Å². The molecule has 2 rings (SSSR count). The van der Waals surface area contributed by atoms with Crippen molar-refractivity contribution in [2.45, 2.75) is 11.8 Å². The molecule has 1 nitrogen and oxygen atoms in total. The van der Waals surface area contributed by atoms with E-state index in [4.69, 9.17) is 4.74 Å². The second-order valence-corrected chi connectivity index (χ2v) is 9.34. The summed E-state index contributed by atoms with van der Waals surface area (Å²) in [5, 5.41) is 0. The molecule has 2 aromatic rings. The normalized spacial score (nSPS) is 12.5. The van der Waals surface area contributed by atoms with Gasteiger partial charge in [-0.15, -0.1) is 11.3 Å². The number of alkyl halides is 1. The third-order valence-electron chi connectivity index (χ3n) is 2.50. The van der Waals surface area contributed by atoms with Gasteiger partial charge < -0.3 is 4.74 Å². The minimum Gasteiger partial charge on any atom is -0.494 e. The summed E-state index contributed by atoms with van der Waals surface area (Å²) in [4.78, 5) is 0.0866. The predicted molar refractivity (Wildman–Crippen MR) is 95.8 cm³/mol. The molecule has 1 unspecified atom stereocenters. The average molecular weight is 534 g/mol. The van der Waals surface area contributed by atoms with Gasteiger partial charge in [-0.2, -0.15) is 0 Å². The number of benzene rings is 1. The van der Waals surface area contributed by atoms with E-state index in [1.54, 1.807) is 11.3 Å². The molecule has 0 radical (unpaired) electrons. The molecule has 0 spiro atoms. The Hall–Kier alpha value is 0.640. The molecule has 0 fully saturated rings. The molecule has 0 aliphatic carbocycles. The molecule has 0 saturated heterocycles. The van der Waals surface area contributed by atoms with E-state index in [1.165, 1.54) is 5.56 Å². The van der Waals surface area contributed by atoms with Gasteiger partial charge in [0.1, 0.15) is 5.75 Å². The van der Waals surface area contributed by atoms with Crippen LogP contribution in [0.15, 0.2) is 36.3 Å². The van der Waals surface area contributed by atoms with Crippen molar-refractivity contribution < 1.29 is 4.74 Å². The first-order valence-electron chi connectivity index (χ1n) is 5.54. The fraction of sp³-hybridized carbons (Fsp3) is 0.231. The van der Waals surface area contributed by atoms with Crippen molar-refractivity contribution in [3.63, 3.8) is 0 Å². The Bertz CT molecular complexity index is 582. The van der Waals surface area contributed by atoms with Crippen molar-refractivity contribution in [3.8, 4) is 5.75 Å². The lowest BCUT2D eigenvalue weighted by Crippen LogP contribution is -1.99. The first kappa shape index (κ1) is 16.0. The van der Waals surface area contributed by atoms with Crippen molar-refractivity contribution in [1.82, 2.24) is 0 Å². The number of thiophene rings is 1. The molecule has 1 aromatic heterocycles. The maximum absolute atomic E-state index is 5.71. The Balaban J connectivity index is 2.45. The van der Waals surface area contributed by atoms with Crippen LogP contribution in [0, 0.1) is 0 Å². The van der Waals surface area contributed by atoms with E-state index in [2.05, 4.69) is 75.9 Å². The number of halogens is 4. The monoisotopic (exact) mass is 530 g/mol. The molecular formula is C13H10Br4OS. The Morgan fingerprint density at radius 3 is 2.47 bits per heavy atom. The quantitative estimate of drug-likeness (QED) is 0.388. The van der Waals surface area contributed by atoms with Gasteiger partial charge in [0.15, 0.2) is 0 Å². The number of hydrogen-bond acceptors (Lipinski definition) is 2. The molecule has 0 aliphatic rings. The highest BCUT2D eigenvalue weighted by Gasteiger charge is 2.20. The molecular weight excluding hydrogens is 524 g/mol. The Morgan fingerprint density at radius 1 is 1.16 bits per heavy atom. The number of ether oxygens (including phenoxy) is 1. The minimum absolute atomic E-state index is 0.0866. The van der Waals surface area contributed by atoms with E-state index in [-0.39, 0.29) is 4.83 Å². The van der Waals surface area contributed by atoms with Crippen molar-refractivity contribution >= 4 is 75.1 Å². The van der Waals surface area contributed by atoms with Crippen LogP contribution in [0.4, 0.5) is 0 Å². The summed E-state index contributed by atoms with van der Waals surface area (Å²) in [6.07, 6.45) is 0. The summed E-state index contributed by atoms with van der Waals surface area (Å²) < 4.78 is 8.97. The summed E-state index contributed by atoms with van der Waals surface area (Å²) in [7, 11) is 0. The van der Waals surface area contributed by atoms with Crippen LogP contribution in [0.5, 0.6) is 5.75 Å². The summed E-state index contributed by atoms with van der Waals surface area (Å²) in [6, 6.07) is 8.19. The lowest BCUT2D eigenvalue weighted by atomic mass is 10.1. The highest BCUT2D eigenvalue weighted by atomic mass is 79.9. The Kier molecular flexibility index (Phi) is 5.96. The lowest BCUT2D eigenvalue weighted by molar-refractivity contribution is 0.337. The number of rotatable bonds is 4. The van der Waals surface area contributed by atoms with Crippen molar-refractivity contribution in [2.75, 3.05) is 6.61 Å². The molecule has 0 N–H and O–H groups in total. The van der Waals surface area contributed by atoms with Gasteiger partial charge in [0.25, 0.3) is 0 Å². The van der Waals surface area contributed by atoms with Crippen molar-refractivity contribution in [1.29, 1.82) is 0 Å². The van der Waals surface area contributed by atoms with Crippen LogP contribution in [0.1, 0.15) is 22.9 Å². The molecule has 0 bridgehead atoms. The lowest BCUT2D eigenvalue weighted by Gasteiger charge is -2.15. The largest absolute Gasteiger partial charge is 0.494 e. The van der Waals surface area contributed by atoms with Gasteiger partial charge in [0, 0.05) is 10.0 Å². The van der Waals surface area contributed by atoms with Gasteiger partial charge >= 0.3 is 0 Å². The van der Waals surface area contributed by atoms with E-state index in [1.807, 2.05) is 19.1 Å². The smallest absolute Gasteiger partial charge is 0.124 e. The first-order chi connectivity index (χ1) is 9.02. The molecule has 0 amide bonds. The van der Waals surface area contributed by atoms with E-state index >= 15 is 0 Å². The zero-order chi connectivity index (χ0) is 14.0. The molecule has 1 atom stereocenters. The van der Waals surface area contributed by atoms with Crippen LogP contribution < -0.4 is 4.74 Å². The number of hydrogen-bond donors (Lipinski definition) is 0. The highest BCUT2D eigenvalue weighted by Crippen LogP contribution is 2.44. The molecule has 102 valence electrons. The minimum atomic E-state index is 0.0866. The van der Waals surface area contributed by atoms with E-state index < -0.39 is 0 Å². The van der Waals surface area contributed by atoms with Gasteiger partial charge in [0.05, 0.1) is 19.0 Å². The van der Waals surface area contributed by atoms with Crippen molar-refractivity contribution in [3.05, 3.63) is 47.4 Å². The van der Waals surface area contributed by atoms with E-state index in [0.29, 0.717) is 6.61 Å². The fourth-order valence-corrected chi connectivity index (χ4v) is 6.16. The molecule has 19 heavy (non-hydrogen) atoms. The topological polar surface area (TPSA) is 9.23 Å². The SMILES string of the molecule is CCOc1ccc(Br)cc1C(Br)c1cc(Br)sc1Br. The average Bonchev–Trinajstić information content (AvgIpc) is 2.70. The van der Waals surface area contributed by atoms with Gasteiger partial charge in [-0.3, -0.25) is 0 Å². The fourth-order valence-electron chi connectivity index (χ4n) is 1.70.